The first-order valence-electron chi connectivity index (χ1n) is 12.4. The van der Waals surface area contributed by atoms with Crippen LogP contribution in [0.25, 0.3) is 0 Å². The highest BCUT2D eigenvalue weighted by Crippen LogP contribution is 2.31. The molecule has 0 saturated carbocycles. The van der Waals surface area contributed by atoms with Crippen LogP contribution in [0.4, 0.5) is 10.2 Å². The van der Waals surface area contributed by atoms with Gasteiger partial charge in [0.1, 0.15) is 17.5 Å². The van der Waals surface area contributed by atoms with Crippen LogP contribution in [0, 0.1) is 0 Å². The maximum Gasteiger partial charge on any atom is 0.326 e. The first-order valence-corrected chi connectivity index (χ1v) is 13.1. The molecule has 2 aliphatic rings. The summed E-state index contributed by atoms with van der Waals surface area (Å²) < 4.78 is 15.8. The Labute approximate surface area is 220 Å². The molecule has 0 bridgehead atoms. The Kier molecular flexibility index (Phi) is 8.70. The molecule has 36 heavy (non-hydrogen) atoms. The fourth-order valence-corrected chi connectivity index (χ4v) is 5.52. The number of hydrogen-bond acceptors (Lipinski definition) is 5. The molecule has 2 atom stereocenters. The number of carbonyl (C=O) groups is 2. The number of halogens is 3. The maximum atomic E-state index is 15.8. The smallest absolute Gasteiger partial charge is 0.326 e. The van der Waals surface area contributed by atoms with Gasteiger partial charge in [-0.1, -0.05) is 35.3 Å². The van der Waals surface area contributed by atoms with Gasteiger partial charge in [-0.25, -0.2) is 14.2 Å². The van der Waals surface area contributed by atoms with Gasteiger partial charge in [0.2, 0.25) is 0 Å². The highest BCUT2D eigenvalue weighted by Gasteiger charge is 2.36. The van der Waals surface area contributed by atoms with Crippen LogP contribution in [0.5, 0.6) is 0 Å². The van der Waals surface area contributed by atoms with Crippen molar-refractivity contribution in [2.75, 3.05) is 31.5 Å². The van der Waals surface area contributed by atoms with E-state index < -0.39 is 23.6 Å². The lowest BCUT2D eigenvalue weighted by Gasteiger charge is -2.38. The quantitative estimate of drug-likeness (QED) is 0.427. The molecule has 7 nitrogen and oxygen atoms in total. The van der Waals surface area contributed by atoms with E-state index in [1.807, 2.05) is 11.0 Å². The van der Waals surface area contributed by atoms with E-state index in [9.17, 15) is 14.7 Å². The average molecular weight is 537 g/mol. The second-order valence-electron chi connectivity index (χ2n) is 9.62. The van der Waals surface area contributed by atoms with Gasteiger partial charge in [-0.05, 0) is 75.3 Å². The number of carbonyl (C=O) groups excluding carboxylic acids is 1. The SMILES string of the molecule is O=C(NC(CCN1CCCC(F)(CCc2ccc3c(n2)NCCC3)C1)C(=O)O)c1c(Cl)cccc1Cl. The maximum absolute atomic E-state index is 15.8. The first kappa shape index (κ1) is 26.6. The molecule has 1 amide bonds. The van der Waals surface area contributed by atoms with Crippen molar-refractivity contribution in [1.29, 1.82) is 0 Å². The third-order valence-electron chi connectivity index (χ3n) is 6.91. The van der Waals surface area contributed by atoms with Crippen LogP contribution in [0.2, 0.25) is 10.0 Å². The molecule has 2 aromatic rings. The number of benzene rings is 1. The minimum atomic E-state index is -1.36. The lowest BCUT2D eigenvalue weighted by Crippen LogP contribution is -2.48. The van der Waals surface area contributed by atoms with E-state index in [0.29, 0.717) is 38.8 Å². The fourth-order valence-electron chi connectivity index (χ4n) is 4.95. The number of anilines is 1. The van der Waals surface area contributed by atoms with E-state index >= 15 is 4.39 Å². The number of rotatable bonds is 9. The van der Waals surface area contributed by atoms with Crippen molar-refractivity contribution in [2.45, 2.75) is 56.7 Å². The number of likely N-dealkylation sites (tertiary alicyclic amines) is 1. The van der Waals surface area contributed by atoms with Crippen LogP contribution in [0.3, 0.4) is 0 Å². The van der Waals surface area contributed by atoms with E-state index in [-0.39, 0.29) is 28.6 Å². The predicted octanol–water partition coefficient (Wildman–Crippen LogP) is 4.76. The van der Waals surface area contributed by atoms with Crippen molar-refractivity contribution >= 4 is 40.9 Å². The van der Waals surface area contributed by atoms with Crippen LogP contribution in [-0.2, 0) is 17.6 Å². The zero-order valence-corrected chi connectivity index (χ0v) is 21.5. The lowest BCUT2D eigenvalue weighted by molar-refractivity contribution is -0.139. The number of aromatic nitrogens is 1. The molecule has 0 spiro atoms. The van der Waals surface area contributed by atoms with Crippen molar-refractivity contribution in [3.05, 3.63) is 57.2 Å². The molecule has 1 saturated heterocycles. The number of piperidine rings is 1. The molecule has 1 aromatic carbocycles. The number of aryl methyl sites for hydroxylation is 2. The molecular formula is C26H31Cl2FN4O3. The number of nitrogens with zero attached hydrogens (tertiary/aromatic N) is 2. The van der Waals surface area contributed by atoms with E-state index in [1.54, 1.807) is 6.07 Å². The van der Waals surface area contributed by atoms with Gasteiger partial charge in [-0.15, -0.1) is 0 Å². The highest BCUT2D eigenvalue weighted by molar-refractivity contribution is 6.39. The third kappa shape index (κ3) is 6.66. The normalized spacial score (nSPS) is 20.8. The average Bonchev–Trinajstić information content (AvgIpc) is 2.85. The molecule has 3 heterocycles. The summed E-state index contributed by atoms with van der Waals surface area (Å²) in [6.45, 7) is 2.17. The molecule has 0 aliphatic carbocycles. The van der Waals surface area contributed by atoms with Gasteiger partial charge in [0, 0.05) is 25.3 Å². The molecule has 2 unspecified atom stereocenters. The Hall–Kier alpha value is -2.42. The van der Waals surface area contributed by atoms with Gasteiger partial charge >= 0.3 is 5.97 Å². The summed E-state index contributed by atoms with van der Waals surface area (Å²) in [6, 6.07) is 7.56. The molecule has 2 aliphatic heterocycles. The second-order valence-corrected chi connectivity index (χ2v) is 10.4. The monoisotopic (exact) mass is 536 g/mol. The van der Waals surface area contributed by atoms with Gasteiger partial charge < -0.3 is 20.6 Å². The first-order chi connectivity index (χ1) is 17.2. The van der Waals surface area contributed by atoms with Gasteiger partial charge in [0.25, 0.3) is 5.91 Å². The van der Waals surface area contributed by atoms with E-state index in [1.165, 1.54) is 17.7 Å². The van der Waals surface area contributed by atoms with Crippen LogP contribution in [0.1, 0.15) is 53.7 Å². The minimum Gasteiger partial charge on any atom is -0.480 e. The van der Waals surface area contributed by atoms with Crippen molar-refractivity contribution < 1.29 is 19.1 Å². The molecule has 1 fully saturated rings. The largest absolute Gasteiger partial charge is 0.480 e. The number of alkyl halides is 1. The van der Waals surface area contributed by atoms with Gasteiger partial charge in [-0.2, -0.15) is 0 Å². The van der Waals surface area contributed by atoms with Crippen molar-refractivity contribution in [1.82, 2.24) is 15.2 Å². The summed E-state index contributed by atoms with van der Waals surface area (Å²) in [4.78, 5) is 31.1. The van der Waals surface area contributed by atoms with Crippen molar-refractivity contribution in [3.8, 4) is 0 Å². The zero-order valence-electron chi connectivity index (χ0n) is 20.0. The van der Waals surface area contributed by atoms with Crippen LogP contribution >= 0.6 is 23.2 Å². The number of aliphatic carboxylic acids is 1. The number of hydrogen-bond donors (Lipinski definition) is 3. The number of carboxylic acids is 1. The predicted molar refractivity (Wildman–Crippen MR) is 139 cm³/mol. The highest BCUT2D eigenvalue weighted by atomic mass is 35.5. The standard InChI is InChI=1S/C26H31Cl2FN4O3/c27-19-5-1-6-20(28)22(19)24(34)32-21(25(35)36)10-15-33-14-3-11-26(29,16-33)12-9-18-8-7-17-4-2-13-30-23(17)31-18/h1,5-8,21H,2-4,9-16H2,(H,30,31)(H,32,34)(H,35,36). The van der Waals surface area contributed by atoms with E-state index in [4.69, 9.17) is 23.2 Å². The lowest BCUT2D eigenvalue weighted by atomic mass is 9.89. The van der Waals surface area contributed by atoms with Crippen LogP contribution < -0.4 is 10.6 Å². The van der Waals surface area contributed by atoms with Crippen LogP contribution in [0.15, 0.2) is 30.3 Å². The van der Waals surface area contributed by atoms with Crippen molar-refractivity contribution in [2.24, 2.45) is 0 Å². The van der Waals surface area contributed by atoms with Gasteiger partial charge in [0.05, 0.1) is 15.6 Å². The Morgan fingerprint density at radius 2 is 2.00 bits per heavy atom. The Morgan fingerprint density at radius 3 is 2.75 bits per heavy atom. The summed E-state index contributed by atoms with van der Waals surface area (Å²) in [6.07, 6.45) is 4.31. The Bertz CT molecular complexity index is 1100. The molecular weight excluding hydrogens is 506 g/mol. The zero-order chi connectivity index (χ0) is 25.7. The Balaban J connectivity index is 1.31. The van der Waals surface area contributed by atoms with E-state index in [2.05, 4.69) is 21.7 Å². The number of nitrogens with one attached hydrogen (secondary N) is 2. The third-order valence-corrected chi connectivity index (χ3v) is 7.54. The molecule has 1 aromatic heterocycles. The number of pyridine rings is 1. The molecule has 0 radical (unpaired) electrons. The van der Waals surface area contributed by atoms with Gasteiger partial charge in [0.15, 0.2) is 0 Å². The summed E-state index contributed by atoms with van der Waals surface area (Å²) in [5, 5.41) is 15.8. The summed E-state index contributed by atoms with van der Waals surface area (Å²) in [5.41, 5.74) is 0.764. The summed E-state index contributed by atoms with van der Waals surface area (Å²) in [5.74, 6) is -0.901. The van der Waals surface area contributed by atoms with Gasteiger partial charge in [-0.3, -0.25) is 4.79 Å². The molecule has 4 rings (SSSR count). The minimum absolute atomic E-state index is 0.0406. The Morgan fingerprint density at radius 1 is 1.22 bits per heavy atom. The molecule has 3 N–H and O–H groups in total. The number of carboxylic acid groups (broad SMARTS) is 1. The number of fused-ring (bicyclic) bond motifs is 1. The summed E-state index contributed by atoms with van der Waals surface area (Å²) in [7, 11) is 0. The second kappa shape index (κ2) is 11.8. The summed E-state index contributed by atoms with van der Waals surface area (Å²) >= 11 is 12.2. The van der Waals surface area contributed by atoms with Crippen molar-refractivity contribution in [3.63, 3.8) is 0 Å². The van der Waals surface area contributed by atoms with E-state index in [0.717, 1.165) is 30.9 Å². The fraction of sp³-hybridized carbons (Fsp3) is 0.500. The molecule has 194 valence electrons. The number of amides is 1. The topological polar surface area (TPSA) is 94.6 Å². The van der Waals surface area contributed by atoms with Crippen LogP contribution in [-0.4, -0.2) is 64.8 Å². The molecule has 10 heteroatoms.